The van der Waals surface area contributed by atoms with Crippen LogP contribution in [0.2, 0.25) is 0 Å². The predicted octanol–water partition coefficient (Wildman–Crippen LogP) is 1.98. The molecule has 2 heterocycles. The van der Waals surface area contributed by atoms with Crippen LogP contribution < -0.4 is 10.6 Å². The number of aryl methyl sites for hydroxylation is 1. The molecule has 5 heteroatoms. The van der Waals surface area contributed by atoms with Gasteiger partial charge in [0.15, 0.2) is 0 Å². The highest BCUT2D eigenvalue weighted by Gasteiger charge is 2.17. The Kier molecular flexibility index (Phi) is 5.35. The Hall–Kier alpha value is -1.62. The average molecular weight is 277 g/mol. The van der Waals surface area contributed by atoms with Gasteiger partial charge < -0.3 is 15.4 Å². The summed E-state index contributed by atoms with van der Waals surface area (Å²) in [5.41, 5.74) is 1.63. The molecule has 110 valence electrons. The third-order valence-electron chi connectivity index (χ3n) is 3.46. The Morgan fingerprint density at radius 1 is 1.40 bits per heavy atom. The monoisotopic (exact) mass is 277 g/mol. The van der Waals surface area contributed by atoms with Gasteiger partial charge in [0.2, 0.25) is 0 Å². The van der Waals surface area contributed by atoms with Gasteiger partial charge in [0, 0.05) is 37.6 Å². The first-order valence-corrected chi connectivity index (χ1v) is 7.30. The zero-order valence-electron chi connectivity index (χ0n) is 12.2. The van der Waals surface area contributed by atoms with E-state index in [9.17, 15) is 4.79 Å². The summed E-state index contributed by atoms with van der Waals surface area (Å²) in [4.78, 5) is 16.8. The Balaban J connectivity index is 2.09. The molecule has 1 aliphatic heterocycles. The van der Waals surface area contributed by atoms with Crippen LogP contribution in [0, 0.1) is 0 Å². The summed E-state index contributed by atoms with van der Waals surface area (Å²) in [7, 11) is 1.82. The Morgan fingerprint density at radius 3 is 2.80 bits per heavy atom. The van der Waals surface area contributed by atoms with Crippen LogP contribution in [-0.4, -0.2) is 37.2 Å². The third-order valence-corrected chi connectivity index (χ3v) is 3.46. The van der Waals surface area contributed by atoms with E-state index in [0.29, 0.717) is 5.56 Å². The molecule has 1 saturated heterocycles. The van der Waals surface area contributed by atoms with Gasteiger partial charge in [-0.1, -0.05) is 13.3 Å². The number of carbonyl (C=O) groups is 1. The van der Waals surface area contributed by atoms with E-state index in [1.807, 2.05) is 13.1 Å². The van der Waals surface area contributed by atoms with E-state index in [1.165, 1.54) is 0 Å². The highest BCUT2D eigenvalue weighted by molar-refractivity contribution is 5.95. The minimum Gasteiger partial charge on any atom is -0.381 e. The molecule has 0 aliphatic carbocycles. The number of nitrogens with zero attached hydrogens (tertiary/aromatic N) is 1. The van der Waals surface area contributed by atoms with Crippen molar-refractivity contribution >= 4 is 11.7 Å². The van der Waals surface area contributed by atoms with E-state index in [1.54, 1.807) is 6.07 Å². The molecule has 0 saturated carbocycles. The number of rotatable bonds is 5. The maximum Gasteiger partial charge on any atom is 0.251 e. The van der Waals surface area contributed by atoms with Gasteiger partial charge in [0.25, 0.3) is 5.91 Å². The fraction of sp³-hybridized carbons (Fsp3) is 0.600. The van der Waals surface area contributed by atoms with Gasteiger partial charge in [-0.2, -0.15) is 0 Å². The first-order chi connectivity index (χ1) is 9.72. The van der Waals surface area contributed by atoms with Gasteiger partial charge in [-0.25, -0.2) is 4.98 Å². The molecule has 1 amide bonds. The van der Waals surface area contributed by atoms with Crippen molar-refractivity contribution in [3.8, 4) is 0 Å². The zero-order valence-corrected chi connectivity index (χ0v) is 12.2. The number of nitrogens with one attached hydrogen (secondary N) is 2. The van der Waals surface area contributed by atoms with E-state index in [-0.39, 0.29) is 11.9 Å². The van der Waals surface area contributed by atoms with Crippen molar-refractivity contribution in [2.45, 2.75) is 38.6 Å². The van der Waals surface area contributed by atoms with Crippen molar-refractivity contribution < 1.29 is 9.53 Å². The third kappa shape index (κ3) is 3.93. The first kappa shape index (κ1) is 14.8. The smallest absolute Gasteiger partial charge is 0.251 e. The zero-order chi connectivity index (χ0) is 14.4. The topological polar surface area (TPSA) is 63.2 Å². The lowest BCUT2D eigenvalue weighted by Crippen LogP contribution is -2.39. The minimum atomic E-state index is -0.0202. The minimum absolute atomic E-state index is 0.0202. The molecule has 5 nitrogen and oxygen atoms in total. The lowest BCUT2D eigenvalue weighted by atomic mass is 10.1. The van der Waals surface area contributed by atoms with Gasteiger partial charge >= 0.3 is 0 Å². The van der Waals surface area contributed by atoms with Gasteiger partial charge in [0.1, 0.15) is 5.82 Å². The summed E-state index contributed by atoms with van der Waals surface area (Å²) in [6.07, 6.45) is 3.67. The van der Waals surface area contributed by atoms with Crippen molar-refractivity contribution in [3.05, 3.63) is 23.4 Å². The molecule has 0 radical (unpaired) electrons. The standard InChI is InChI=1S/C15H23N3O2/c1-3-4-13-9-11(10-14(16-2)17-13)15(19)18-12-5-7-20-8-6-12/h9-10,12H,3-8H2,1-2H3,(H,16,17)(H,18,19). The molecule has 0 bridgehead atoms. The van der Waals surface area contributed by atoms with Crippen molar-refractivity contribution in [2.75, 3.05) is 25.6 Å². The number of pyridine rings is 1. The Bertz CT molecular complexity index is 456. The molecule has 1 fully saturated rings. The van der Waals surface area contributed by atoms with Gasteiger partial charge in [-0.15, -0.1) is 0 Å². The molecule has 2 N–H and O–H groups in total. The fourth-order valence-electron chi connectivity index (χ4n) is 2.34. The summed E-state index contributed by atoms with van der Waals surface area (Å²) < 4.78 is 5.30. The second-order valence-corrected chi connectivity index (χ2v) is 5.09. The average Bonchev–Trinajstić information content (AvgIpc) is 2.48. The van der Waals surface area contributed by atoms with E-state index < -0.39 is 0 Å². The van der Waals surface area contributed by atoms with Crippen molar-refractivity contribution in [1.29, 1.82) is 0 Å². The maximum absolute atomic E-state index is 12.3. The molecule has 1 aromatic rings. The second-order valence-electron chi connectivity index (χ2n) is 5.09. The normalized spacial score (nSPS) is 15.9. The van der Waals surface area contributed by atoms with Crippen LogP contribution in [0.3, 0.4) is 0 Å². The molecule has 0 aromatic carbocycles. The number of aromatic nitrogens is 1. The maximum atomic E-state index is 12.3. The molecule has 1 aliphatic rings. The summed E-state index contributed by atoms with van der Waals surface area (Å²) in [5, 5.41) is 6.09. The van der Waals surface area contributed by atoms with Crippen molar-refractivity contribution in [2.24, 2.45) is 0 Å². The van der Waals surface area contributed by atoms with Gasteiger partial charge in [-0.05, 0) is 31.4 Å². The quantitative estimate of drug-likeness (QED) is 0.864. The van der Waals surface area contributed by atoms with Crippen LogP contribution in [0.4, 0.5) is 5.82 Å². The van der Waals surface area contributed by atoms with Crippen LogP contribution in [0.25, 0.3) is 0 Å². The van der Waals surface area contributed by atoms with Crippen LogP contribution in [0.15, 0.2) is 12.1 Å². The van der Waals surface area contributed by atoms with Crippen LogP contribution in [0.5, 0.6) is 0 Å². The Labute approximate surface area is 120 Å². The highest BCUT2D eigenvalue weighted by atomic mass is 16.5. The van der Waals surface area contributed by atoms with Crippen LogP contribution in [0.1, 0.15) is 42.2 Å². The lowest BCUT2D eigenvalue weighted by molar-refractivity contribution is 0.0696. The molecule has 1 aromatic heterocycles. The lowest BCUT2D eigenvalue weighted by Gasteiger charge is -2.23. The predicted molar refractivity (Wildman–Crippen MR) is 79.1 cm³/mol. The number of anilines is 1. The molecule has 20 heavy (non-hydrogen) atoms. The van der Waals surface area contributed by atoms with Crippen LogP contribution in [-0.2, 0) is 11.2 Å². The molecular weight excluding hydrogens is 254 g/mol. The SMILES string of the molecule is CCCc1cc(C(=O)NC2CCOCC2)cc(NC)n1. The van der Waals surface area contributed by atoms with E-state index in [4.69, 9.17) is 4.74 Å². The number of hydrogen-bond acceptors (Lipinski definition) is 4. The summed E-state index contributed by atoms with van der Waals surface area (Å²) in [6, 6.07) is 3.91. The summed E-state index contributed by atoms with van der Waals surface area (Å²) in [5.74, 6) is 0.723. The number of hydrogen-bond donors (Lipinski definition) is 2. The molecule has 0 atom stereocenters. The van der Waals surface area contributed by atoms with E-state index in [2.05, 4.69) is 22.5 Å². The Morgan fingerprint density at radius 2 is 2.15 bits per heavy atom. The number of ether oxygens (including phenoxy) is 1. The molecule has 2 rings (SSSR count). The summed E-state index contributed by atoms with van der Waals surface area (Å²) in [6.45, 7) is 3.56. The fourth-order valence-corrected chi connectivity index (χ4v) is 2.34. The largest absolute Gasteiger partial charge is 0.381 e. The second kappa shape index (κ2) is 7.24. The van der Waals surface area contributed by atoms with Gasteiger partial charge in [-0.3, -0.25) is 4.79 Å². The highest BCUT2D eigenvalue weighted by Crippen LogP contribution is 2.13. The van der Waals surface area contributed by atoms with E-state index >= 15 is 0 Å². The number of amides is 1. The molecular formula is C15H23N3O2. The van der Waals surface area contributed by atoms with Gasteiger partial charge in [0.05, 0.1) is 0 Å². The van der Waals surface area contributed by atoms with E-state index in [0.717, 1.165) is 50.4 Å². The molecule has 0 spiro atoms. The van der Waals surface area contributed by atoms with Crippen molar-refractivity contribution in [3.63, 3.8) is 0 Å². The van der Waals surface area contributed by atoms with Crippen molar-refractivity contribution in [1.82, 2.24) is 10.3 Å². The first-order valence-electron chi connectivity index (χ1n) is 7.30. The summed E-state index contributed by atoms with van der Waals surface area (Å²) >= 11 is 0. The molecule has 0 unspecified atom stereocenters. The van der Waals surface area contributed by atoms with Crippen LogP contribution >= 0.6 is 0 Å². The number of carbonyl (C=O) groups excluding carboxylic acids is 1.